The van der Waals surface area contributed by atoms with Crippen LogP contribution in [0.4, 0.5) is 16.6 Å². The number of nitrogens with two attached hydrogens (primary N) is 1. The van der Waals surface area contributed by atoms with Crippen molar-refractivity contribution in [3.63, 3.8) is 0 Å². The van der Waals surface area contributed by atoms with Crippen molar-refractivity contribution in [2.75, 3.05) is 11.1 Å². The van der Waals surface area contributed by atoms with E-state index in [1.807, 2.05) is 29.6 Å². The van der Waals surface area contributed by atoms with E-state index in [1.54, 1.807) is 10.9 Å². The van der Waals surface area contributed by atoms with Gasteiger partial charge < -0.3 is 11.1 Å². The lowest BCUT2D eigenvalue weighted by Gasteiger charge is -2.09. The number of rotatable bonds is 3. The minimum Gasteiger partial charge on any atom is -0.393 e. The lowest BCUT2D eigenvalue weighted by atomic mass is 10.3. The van der Waals surface area contributed by atoms with E-state index < -0.39 is 0 Å². The molecule has 0 fully saturated rings. The molecule has 0 aliphatic heterocycles. The highest BCUT2D eigenvalue weighted by Gasteiger charge is 2.14. The van der Waals surface area contributed by atoms with Gasteiger partial charge in [-0.1, -0.05) is 17.3 Å². The van der Waals surface area contributed by atoms with Gasteiger partial charge in [-0.15, -0.1) is 16.4 Å². The van der Waals surface area contributed by atoms with Crippen molar-refractivity contribution in [3.05, 3.63) is 42.2 Å². The molecule has 22 heavy (non-hydrogen) atoms. The third kappa shape index (κ3) is 2.04. The molecule has 4 rings (SSSR count). The Hall–Kier alpha value is -3.07. The summed E-state index contributed by atoms with van der Waals surface area (Å²) in [5, 5.41) is 13.9. The number of thiazole rings is 1. The molecule has 4 aromatic rings. The van der Waals surface area contributed by atoms with Crippen molar-refractivity contribution < 1.29 is 0 Å². The molecule has 1 aromatic carbocycles. The highest BCUT2D eigenvalue weighted by Crippen LogP contribution is 2.26. The summed E-state index contributed by atoms with van der Waals surface area (Å²) in [6, 6.07) is 7.60. The Kier molecular flexibility index (Phi) is 2.90. The lowest BCUT2D eigenvalue weighted by Crippen LogP contribution is -2.08. The quantitative estimate of drug-likeness (QED) is 0.595. The molecule has 108 valence electrons. The molecule has 3 N–H and O–H groups in total. The molecular formula is C13H10N8S. The van der Waals surface area contributed by atoms with E-state index in [2.05, 4.69) is 30.6 Å². The van der Waals surface area contributed by atoms with Gasteiger partial charge in [-0.2, -0.15) is 4.68 Å². The van der Waals surface area contributed by atoms with E-state index >= 15 is 0 Å². The largest absolute Gasteiger partial charge is 0.393 e. The van der Waals surface area contributed by atoms with Crippen molar-refractivity contribution in [1.82, 2.24) is 29.9 Å². The third-order valence-corrected chi connectivity index (χ3v) is 3.76. The molecule has 8 nitrogen and oxygen atoms in total. The standard InChI is InChI=1S/C13H10N8S/c14-10-11(18-13-15-5-6-22-13)16-7-17-12(10)21-9-4-2-1-3-8(9)19-20-21/h1-7H,14H2,(H,15,16,17,18). The van der Waals surface area contributed by atoms with Crippen molar-refractivity contribution in [3.8, 4) is 5.82 Å². The minimum absolute atomic E-state index is 0.383. The predicted octanol–water partition coefficient (Wildman–Crippen LogP) is 1.99. The summed E-state index contributed by atoms with van der Waals surface area (Å²) >= 11 is 1.46. The number of hydrogen-bond acceptors (Lipinski definition) is 8. The summed E-state index contributed by atoms with van der Waals surface area (Å²) in [6.07, 6.45) is 3.13. The van der Waals surface area contributed by atoms with Gasteiger partial charge >= 0.3 is 0 Å². The molecule has 0 saturated carbocycles. The molecule has 9 heteroatoms. The number of hydrogen-bond donors (Lipinski definition) is 2. The summed E-state index contributed by atoms with van der Waals surface area (Å²) in [5.41, 5.74) is 8.17. The zero-order valence-corrected chi connectivity index (χ0v) is 12.0. The molecule has 0 aliphatic rings. The van der Waals surface area contributed by atoms with E-state index in [9.17, 15) is 0 Å². The van der Waals surface area contributed by atoms with E-state index in [-0.39, 0.29) is 0 Å². The van der Waals surface area contributed by atoms with Crippen LogP contribution < -0.4 is 11.1 Å². The molecule has 3 heterocycles. The van der Waals surface area contributed by atoms with Gasteiger partial charge in [-0.3, -0.25) is 0 Å². The Morgan fingerprint density at radius 1 is 1.14 bits per heavy atom. The molecule has 3 aromatic heterocycles. The first kappa shape index (κ1) is 12.7. The molecule has 0 saturated heterocycles. The zero-order valence-electron chi connectivity index (χ0n) is 11.2. The highest BCUT2D eigenvalue weighted by molar-refractivity contribution is 7.13. The van der Waals surface area contributed by atoms with Crippen LogP contribution in [-0.2, 0) is 0 Å². The maximum Gasteiger partial charge on any atom is 0.188 e. The Labute approximate surface area is 128 Å². The van der Waals surface area contributed by atoms with Crippen molar-refractivity contribution in [1.29, 1.82) is 0 Å². The highest BCUT2D eigenvalue weighted by atomic mass is 32.1. The maximum absolute atomic E-state index is 6.18. The Balaban J connectivity index is 1.82. The Morgan fingerprint density at radius 3 is 2.91 bits per heavy atom. The maximum atomic E-state index is 6.18. The van der Waals surface area contributed by atoms with Crippen LogP contribution in [0.3, 0.4) is 0 Å². The Bertz CT molecular complexity index is 930. The molecule has 0 atom stereocenters. The van der Waals surface area contributed by atoms with E-state index in [1.165, 1.54) is 17.7 Å². The fourth-order valence-corrected chi connectivity index (χ4v) is 2.59. The fraction of sp³-hybridized carbons (Fsp3) is 0. The number of anilines is 3. The monoisotopic (exact) mass is 310 g/mol. The molecule has 0 spiro atoms. The summed E-state index contributed by atoms with van der Waals surface area (Å²) in [4.78, 5) is 12.5. The van der Waals surface area contributed by atoms with Crippen LogP contribution in [0.15, 0.2) is 42.2 Å². The smallest absolute Gasteiger partial charge is 0.188 e. The van der Waals surface area contributed by atoms with Crippen LogP contribution in [0.25, 0.3) is 16.9 Å². The molecule has 0 bridgehead atoms. The first-order valence-corrected chi connectivity index (χ1v) is 7.29. The normalized spacial score (nSPS) is 10.9. The van der Waals surface area contributed by atoms with E-state index in [4.69, 9.17) is 5.73 Å². The second-order valence-corrected chi connectivity index (χ2v) is 5.31. The number of aromatic nitrogens is 6. The van der Waals surface area contributed by atoms with E-state index in [0.717, 1.165) is 11.0 Å². The molecule has 0 radical (unpaired) electrons. The first-order chi connectivity index (χ1) is 10.8. The van der Waals surface area contributed by atoms with Crippen molar-refractivity contribution in [2.24, 2.45) is 0 Å². The van der Waals surface area contributed by atoms with Crippen LogP contribution >= 0.6 is 11.3 Å². The number of fused-ring (bicyclic) bond motifs is 1. The number of benzene rings is 1. The summed E-state index contributed by atoms with van der Waals surface area (Å²) in [7, 11) is 0. The van der Waals surface area contributed by atoms with Gasteiger partial charge in [0.15, 0.2) is 16.8 Å². The zero-order chi connectivity index (χ0) is 14.9. The van der Waals surface area contributed by atoms with Crippen LogP contribution in [-0.4, -0.2) is 29.9 Å². The summed E-state index contributed by atoms with van der Waals surface area (Å²) in [5.74, 6) is 0.960. The SMILES string of the molecule is Nc1c(Nc2nccs2)ncnc1-n1nnc2ccccc21. The molecule has 0 aliphatic carbocycles. The summed E-state index contributed by atoms with van der Waals surface area (Å²) in [6.45, 7) is 0. The number of para-hydroxylation sites is 1. The van der Waals surface area contributed by atoms with Gasteiger partial charge in [0.1, 0.15) is 17.5 Å². The average molecular weight is 310 g/mol. The topological polar surface area (TPSA) is 107 Å². The minimum atomic E-state index is 0.383. The average Bonchev–Trinajstić information content (AvgIpc) is 3.19. The fourth-order valence-electron chi connectivity index (χ4n) is 2.07. The number of nitrogen functional groups attached to an aromatic ring is 1. The van der Waals surface area contributed by atoms with Crippen LogP contribution in [0.5, 0.6) is 0 Å². The van der Waals surface area contributed by atoms with Gasteiger partial charge in [0.05, 0.1) is 5.52 Å². The molecular weight excluding hydrogens is 300 g/mol. The molecule has 0 unspecified atom stereocenters. The van der Waals surface area contributed by atoms with Crippen molar-refractivity contribution >= 4 is 39.0 Å². The van der Waals surface area contributed by atoms with Crippen molar-refractivity contribution in [2.45, 2.75) is 0 Å². The predicted molar refractivity (Wildman–Crippen MR) is 84.3 cm³/mol. The lowest BCUT2D eigenvalue weighted by molar-refractivity contribution is 0.800. The first-order valence-electron chi connectivity index (χ1n) is 6.41. The van der Waals surface area contributed by atoms with Gasteiger partial charge in [0, 0.05) is 11.6 Å². The number of nitrogens with one attached hydrogen (secondary N) is 1. The third-order valence-electron chi connectivity index (χ3n) is 3.07. The van der Waals surface area contributed by atoms with Crippen LogP contribution in [0.2, 0.25) is 0 Å². The van der Waals surface area contributed by atoms with Gasteiger partial charge in [0.2, 0.25) is 0 Å². The second-order valence-electron chi connectivity index (χ2n) is 4.41. The van der Waals surface area contributed by atoms with Crippen LogP contribution in [0.1, 0.15) is 0 Å². The Morgan fingerprint density at radius 2 is 2.05 bits per heavy atom. The van der Waals surface area contributed by atoms with Crippen LogP contribution in [0, 0.1) is 0 Å². The van der Waals surface area contributed by atoms with Gasteiger partial charge in [-0.05, 0) is 12.1 Å². The number of nitrogens with zero attached hydrogens (tertiary/aromatic N) is 6. The molecule has 0 amide bonds. The van der Waals surface area contributed by atoms with Gasteiger partial charge in [-0.25, -0.2) is 15.0 Å². The van der Waals surface area contributed by atoms with Gasteiger partial charge in [0.25, 0.3) is 0 Å². The van der Waals surface area contributed by atoms with E-state index in [0.29, 0.717) is 22.5 Å². The summed E-state index contributed by atoms with van der Waals surface area (Å²) < 4.78 is 1.60. The second kappa shape index (κ2) is 5.04.